The number of ether oxygens (including phenoxy) is 1. The van der Waals surface area contributed by atoms with E-state index < -0.39 is 0 Å². The van der Waals surface area contributed by atoms with Crippen molar-refractivity contribution in [2.45, 2.75) is 40.2 Å². The highest BCUT2D eigenvalue weighted by Gasteiger charge is 2.18. The minimum Gasteiger partial charge on any atom is -0.494 e. The van der Waals surface area contributed by atoms with Gasteiger partial charge in [-0.2, -0.15) is 0 Å². The summed E-state index contributed by atoms with van der Waals surface area (Å²) in [4.78, 5) is 0. The number of hydrogen-bond acceptors (Lipinski definition) is 2. The maximum Gasteiger partial charge on any atom is 0.130 e. The Labute approximate surface area is 103 Å². The highest BCUT2D eigenvalue weighted by molar-refractivity contribution is 5.39. The van der Waals surface area contributed by atoms with E-state index in [2.05, 4.69) is 18.2 Å². The van der Waals surface area contributed by atoms with E-state index >= 15 is 0 Å². The van der Waals surface area contributed by atoms with E-state index in [-0.39, 0.29) is 6.10 Å². The fourth-order valence-electron chi connectivity index (χ4n) is 1.88. The van der Waals surface area contributed by atoms with E-state index in [4.69, 9.17) is 9.15 Å². The van der Waals surface area contributed by atoms with Crippen molar-refractivity contribution in [3.8, 4) is 0 Å². The summed E-state index contributed by atoms with van der Waals surface area (Å²) in [6.45, 7) is 8.00. The summed E-state index contributed by atoms with van der Waals surface area (Å²) in [6, 6.07) is 1.98. The summed E-state index contributed by atoms with van der Waals surface area (Å²) in [6.07, 6.45) is 11.1. The lowest BCUT2D eigenvalue weighted by Crippen LogP contribution is -2.20. The average molecular weight is 234 g/mol. The van der Waals surface area contributed by atoms with Gasteiger partial charge < -0.3 is 9.15 Å². The SMILES string of the molecule is C1=CC2C=c3occc3=CC(C2)O1.CC.CC. The Morgan fingerprint density at radius 2 is 1.88 bits per heavy atom. The van der Waals surface area contributed by atoms with E-state index in [1.165, 1.54) is 0 Å². The Hall–Kier alpha value is -1.44. The van der Waals surface area contributed by atoms with Crippen LogP contribution in [0.5, 0.6) is 0 Å². The van der Waals surface area contributed by atoms with Gasteiger partial charge in [0.15, 0.2) is 0 Å². The zero-order chi connectivity index (χ0) is 12.7. The Morgan fingerprint density at radius 1 is 1.12 bits per heavy atom. The first-order valence-electron chi connectivity index (χ1n) is 6.51. The molecule has 2 aliphatic rings. The number of rotatable bonds is 0. The van der Waals surface area contributed by atoms with E-state index in [1.807, 2.05) is 33.8 Å². The number of fused-ring (bicyclic) bond motifs is 3. The van der Waals surface area contributed by atoms with Gasteiger partial charge in [0.1, 0.15) is 11.5 Å². The van der Waals surface area contributed by atoms with Gasteiger partial charge in [-0.3, -0.25) is 0 Å². The lowest BCUT2D eigenvalue weighted by Gasteiger charge is -2.19. The van der Waals surface area contributed by atoms with E-state index in [1.54, 1.807) is 12.5 Å². The molecule has 2 atom stereocenters. The van der Waals surface area contributed by atoms with Crippen molar-refractivity contribution < 1.29 is 9.15 Å². The lowest BCUT2D eigenvalue weighted by molar-refractivity contribution is 0.169. The highest BCUT2D eigenvalue weighted by Crippen LogP contribution is 2.20. The first-order chi connectivity index (χ1) is 8.42. The lowest BCUT2D eigenvalue weighted by atomic mass is 10.0. The summed E-state index contributed by atoms with van der Waals surface area (Å²) < 4.78 is 10.8. The van der Waals surface area contributed by atoms with Crippen LogP contribution in [0.3, 0.4) is 0 Å². The van der Waals surface area contributed by atoms with Crippen LogP contribution in [0, 0.1) is 5.92 Å². The Bertz CT molecular complexity index is 454. The molecule has 1 aromatic heterocycles. The van der Waals surface area contributed by atoms with Crippen LogP contribution in [0.25, 0.3) is 12.2 Å². The Kier molecular flexibility index (Phi) is 5.61. The molecular formula is C15H22O2. The van der Waals surface area contributed by atoms with Gasteiger partial charge in [-0.25, -0.2) is 0 Å². The van der Waals surface area contributed by atoms with Crippen LogP contribution < -0.4 is 10.6 Å². The molecule has 1 aromatic rings. The molecule has 2 heteroatoms. The summed E-state index contributed by atoms with van der Waals surface area (Å²) in [5, 5.41) is 1.15. The molecule has 2 bridgehead atoms. The maximum absolute atomic E-state index is 5.46. The predicted molar refractivity (Wildman–Crippen MR) is 71.7 cm³/mol. The normalized spacial score (nSPS) is 23.1. The van der Waals surface area contributed by atoms with Crippen molar-refractivity contribution in [1.82, 2.24) is 0 Å². The Morgan fingerprint density at radius 3 is 2.65 bits per heavy atom. The molecule has 1 aliphatic heterocycles. The second-order valence-electron chi connectivity index (χ2n) is 3.48. The summed E-state index contributed by atoms with van der Waals surface area (Å²) in [5.74, 6) is 0.461. The molecule has 17 heavy (non-hydrogen) atoms. The zero-order valence-electron chi connectivity index (χ0n) is 11.1. The van der Waals surface area contributed by atoms with Gasteiger partial charge in [0.05, 0.1) is 12.5 Å². The molecule has 0 fully saturated rings. The van der Waals surface area contributed by atoms with E-state index in [0.29, 0.717) is 5.92 Å². The van der Waals surface area contributed by atoms with Gasteiger partial charge in [0.2, 0.25) is 0 Å². The monoisotopic (exact) mass is 234 g/mol. The molecule has 2 unspecified atom stereocenters. The topological polar surface area (TPSA) is 22.4 Å². The summed E-state index contributed by atoms with van der Waals surface area (Å²) in [7, 11) is 0. The van der Waals surface area contributed by atoms with Crippen LogP contribution >= 0.6 is 0 Å². The predicted octanol–water partition coefficient (Wildman–Crippen LogP) is 2.83. The molecule has 0 saturated carbocycles. The fourth-order valence-corrected chi connectivity index (χ4v) is 1.88. The molecule has 0 aromatic carbocycles. The first-order valence-corrected chi connectivity index (χ1v) is 6.51. The molecule has 3 rings (SSSR count). The summed E-state index contributed by atoms with van der Waals surface area (Å²) in [5.41, 5.74) is 0.975. The largest absolute Gasteiger partial charge is 0.494 e. The van der Waals surface area contributed by atoms with Crippen molar-refractivity contribution >= 4 is 12.2 Å². The van der Waals surface area contributed by atoms with Gasteiger partial charge in [-0.1, -0.05) is 27.7 Å². The first kappa shape index (κ1) is 13.6. The molecule has 0 radical (unpaired) electrons. The average Bonchev–Trinajstić information content (AvgIpc) is 2.78. The molecule has 0 N–H and O–H groups in total. The molecule has 2 nitrogen and oxygen atoms in total. The van der Waals surface area contributed by atoms with Crippen LogP contribution in [0.2, 0.25) is 0 Å². The third-order valence-corrected chi connectivity index (χ3v) is 2.54. The van der Waals surface area contributed by atoms with Gasteiger partial charge >= 0.3 is 0 Å². The van der Waals surface area contributed by atoms with Crippen molar-refractivity contribution in [3.63, 3.8) is 0 Å². The zero-order valence-corrected chi connectivity index (χ0v) is 11.1. The molecule has 0 saturated heterocycles. The van der Waals surface area contributed by atoms with Gasteiger partial charge in [0, 0.05) is 11.1 Å². The van der Waals surface area contributed by atoms with Gasteiger partial charge in [-0.05, 0) is 30.7 Å². The molecule has 1 aliphatic carbocycles. The smallest absolute Gasteiger partial charge is 0.130 e. The molecular weight excluding hydrogens is 212 g/mol. The van der Waals surface area contributed by atoms with Gasteiger partial charge in [0.25, 0.3) is 0 Å². The second-order valence-corrected chi connectivity index (χ2v) is 3.48. The van der Waals surface area contributed by atoms with E-state index in [9.17, 15) is 0 Å². The van der Waals surface area contributed by atoms with Crippen molar-refractivity contribution in [2.24, 2.45) is 5.92 Å². The third-order valence-electron chi connectivity index (χ3n) is 2.54. The van der Waals surface area contributed by atoms with Crippen molar-refractivity contribution in [3.05, 3.63) is 35.3 Å². The van der Waals surface area contributed by atoms with Crippen LogP contribution in [0.15, 0.2) is 29.1 Å². The Balaban J connectivity index is 0.000000330. The minimum atomic E-state index is 0.213. The minimum absolute atomic E-state index is 0.213. The molecule has 0 spiro atoms. The fraction of sp³-hybridized carbons (Fsp3) is 0.467. The second kappa shape index (κ2) is 7.00. The number of furan rings is 1. The quantitative estimate of drug-likeness (QED) is 0.688. The van der Waals surface area contributed by atoms with Crippen molar-refractivity contribution in [1.29, 1.82) is 0 Å². The third kappa shape index (κ3) is 3.26. The van der Waals surface area contributed by atoms with Crippen LogP contribution in [-0.4, -0.2) is 6.10 Å². The molecule has 0 amide bonds. The van der Waals surface area contributed by atoms with Crippen molar-refractivity contribution in [2.75, 3.05) is 0 Å². The van der Waals surface area contributed by atoms with Gasteiger partial charge in [-0.15, -0.1) is 0 Å². The van der Waals surface area contributed by atoms with Crippen LogP contribution in [-0.2, 0) is 4.74 Å². The highest BCUT2D eigenvalue weighted by atomic mass is 16.5. The number of allylic oxidation sites excluding steroid dienone is 1. The standard InChI is InChI=1S/C11H10O2.2C2H6/c1-3-12-10-5-8(1)6-11-9(7-10)2-4-13-11;2*1-2/h1-4,6-8,10H,5H2;2*1-2H3. The van der Waals surface area contributed by atoms with Crippen LogP contribution in [0.1, 0.15) is 34.1 Å². The van der Waals surface area contributed by atoms with E-state index in [0.717, 1.165) is 17.1 Å². The van der Waals surface area contributed by atoms with Crippen LogP contribution in [0.4, 0.5) is 0 Å². The maximum atomic E-state index is 5.46. The summed E-state index contributed by atoms with van der Waals surface area (Å²) >= 11 is 0. The molecule has 2 heterocycles. The number of hydrogen-bond donors (Lipinski definition) is 0. The molecule has 94 valence electrons.